The highest BCUT2D eigenvalue weighted by Gasteiger charge is 2.29. The molecule has 1 fully saturated rings. The fourth-order valence-corrected chi connectivity index (χ4v) is 3.12. The Hall–Kier alpha value is -2.32. The normalized spacial score (nSPS) is 15.3. The topological polar surface area (TPSA) is 92.8 Å². The van der Waals surface area contributed by atoms with Gasteiger partial charge in [0.25, 0.3) is 11.1 Å². The Bertz CT molecular complexity index is 780. The maximum Gasteiger partial charge on any atom is 0.331 e. The molecule has 1 N–H and O–H groups in total. The van der Waals surface area contributed by atoms with E-state index in [1.807, 2.05) is 13.0 Å². The quantitative estimate of drug-likeness (QED) is 0.548. The average molecular weight is 411 g/mol. The largest absolute Gasteiger partial charge is 0.449 e. The molecule has 1 saturated heterocycles. The summed E-state index contributed by atoms with van der Waals surface area (Å²) in [6.45, 7) is 3.49. The Morgan fingerprint density at radius 3 is 2.78 bits per heavy atom. The molecule has 1 aromatic carbocycles. The molecule has 0 spiro atoms. The Labute approximate surface area is 166 Å². The van der Waals surface area contributed by atoms with E-state index in [0.29, 0.717) is 5.02 Å². The minimum absolute atomic E-state index is 0.0885. The smallest absolute Gasteiger partial charge is 0.331 e. The summed E-state index contributed by atoms with van der Waals surface area (Å²) in [4.78, 5) is 47.8. The van der Waals surface area contributed by atoms with Crippen molar-refractivity contribution in [2.75, 3.05) is 18.8 Å². The first-order chi connectivity index (χ1) is 12.8. The molecule has 0 aromatic heterocycles. The Balaban J connectivity index is 1.76. The lowest BCUT2D eigenvalue weighted by Gasteiger charge is -2.15. The predicted molar refractivity (Wildman–Crippen MR) is 103 cm³/mol. The highest BCUT2D eigenvalue weighted by Crippen LogP contribution is 2.18. The first-order valence-electron chi connectivity index (χ1n) is 8.17. The number of carbonyl (C=O) groups excluding carboxylic acids is 4. The van der Waals surface area contributed by atoms with E-state index in [4.69, 9.17) is 16.3 Å². The number of rotatable bonds is 7. The van der Waals surface area contributed by atoms with Crippen LogP contribution in [0.4, 0.5) is 4.79 Å². The monoisotopic (exact) mass is 410 g/mol. The molecule has 2 rings (SSSR count). The summed E-state index contributed by atoms with van der Waals surface area (Å²) >= 11 is 6.95. The van der Waals surface area contributed by atoms with Crippen molar-refractivity contribution in [2.24, 2.45) is 0 Å². The molecule has 0 unspecified atom stereocenters. The number of nitrogens with zero attached hydrogens (tertiary/aromatic N) is 1. The Morgan fingerprint density at radius 1 is 1.41 bits per heavy atom. The molecule has 1 aliphatic heterocycles. The van der Waals surface area contributed by atoms with Gasteiger partial charge in [-0.05, 0) is 37.1 Å². The van der Waals surface area contributed by atoms with Gasteiger partial charge in [0.15, 0.2) is 6.10 Å². The zero-order valence-corrected chi connectivity index (χ0v) is 16.4. The van der Waals surface area contributed by atoms with Crippen molar-refractivity contribution in [1.29, 1.82) is 0 Å². The third kappa shape index (κ3) is 6.11. The van der Waals surface area contributed by atoms with Crippen molar-refractivity contribution in [3.05, 3.63) is 40.4 Å². The van der Waals surface area contributed by atoms with Crippen LogP contribution in [0.3, 0.4) is 0 Å². The van der Waals surface area contributed by atoms with Crippen LogP contribution in [0.15, 0.2) is 24.3 Å². The third-order valence-electron chi connectivity index (χ3n) is 3.75. The third-order valence-corrected chi connectivity index (χ3v) is 5.01. The summed E-state index contributed by atoms with van der Waals surface area (Å²) in [6, 6.07) is 5.36. The summed E-state index contributed by atoms with van der Waals surface area (Å²) in [5, 5.41) is 2.80. The summed E-state index contributed by atoms with van der Waals surface area (Å²) in [5.41, 5.74) is 1.66. The molecule has 9 heteroatoms. The molecule has 144 valence electrons. The second-order valence-electron chi connectivity index (χ2n) is 5.81. The number of thioether (sulfide) groups is 1. The molecular weight excluding hydrogens is 392 g/mol. The standard InChI is InChI=1S/C18H19ClN2O5S/c1-11-3-4-13(9-14(11)19)5-6-16(23)26-12(2)17(24)20-7-8-21-15(22)10-27-18(21)25/h3-6,9,12H,7-8,10H2,1-2H3,(H,20,24)/b6-5+/t12-/m1/s1. The van der Waals surface area contributed by atoms with Crippen LogP contribution in [0.5, 0.6) is 0 Å². The maximum atomic E-state index is 11.9. The number of hydrogen-bond donors (Lipinski definition) is 1. The fraction of sp³-hybridized carbons (Fsp3) is 0.333. The summed E-state index contributed by atoms with van der Waals surface area (Å²) < 4.78 is 5.03. The molecule has 0 aliphatic carbocycles. The minimum atomic E-state index is -1.01. The number of benzene rings is 1. The van der Waals surface area contributed by atoms with Crippen LogP contribution in [-0.2, 0) is 19.1 Å². The molecule has 1 aliphatic rings. The molecule has 7 nitrogen and oxygen atoms in total. The zero-order chi connectivity index (χ0) is 20.0. The molecule has 1 atom stereocenters. The van der Waals surface area contributed by atoms with Crippen LogP contribution in [-0.4, -0.2) is 52.9 Å². The number of hydrogen-bond acceptors (Lipinski definition) is 6. The number of imide groups is 1. The maximum absolute atomic E-state index is 11.9. The van der Waals surface area contributed by atoms with E-state index in [9.17, 15) is 19.2 Å². The number of amides is 3. The van der Waals surface area contributed by atoms with Crippen molar-refractivity contribution < 1.29 is 23.9 Å². The van der Waals surface area contributed by atoms with Gasteiger partial charge in [-0.3, -0.25) is 19.3 Å². The summed E-state index contributed by atoms with van der Waals surface area (Å²) in [5.74, 6) is -1.34. The van der Waals surface area contributed by atoms with E-state index in [1.165, 1.54) is 13.0 Å². The molecule has 0 saturated carbocycles. The van der Waals surface area contributed by atoms with E-state index in [-0.39, 0.29) is 30.0 Å². The number of aryl methyl sites for hydroxylation is 1. The van der Waals surface area contributed by atoms with Gasteiger partial charge in [-0.2, -0.15) is 0 Å². The number of carbonyl (C=O) groups is 4. The predicted octanol–water partition coefficient (Wildman–Crippen LogP) is 2.40. The lowest BCUT2D eigenvalue weighted by Crippen LogP contribution is -2.41. The average Bonchev–Trinajstić information content (AvgIpc) is 2.94. The van der Waals surface area contributed by atoms with Crippen LogP contribution < -0.4 is 5.32 Å². The Morgan fingerprint density at radius 2 is 2.15 bits per heavy atom. The van der Waals surface area contributed by atoms with E-state index in [0.717, 1.165) is 27.8 Å². The van der Waals surface area contributed by atoms with Crippen LogP contribution in [0.2, 0.25) is 5.02 Å². The van der Waals surface area contributed by atoms with Crippen molar-refractivity contribution in [1.82, 2.24) is 10.2 Å². The summed E-state index contributed by atoms with van der Waals surface area (Å²) in [7, 11) is 0. The van der Waals surface area contributed by atoms with E-state index in [2.05, 4.69) is 5.32 Å². The van der Waals surface area contributed by atoms with Gasteiger partial charge in [0.2, 0.25) is 5.91 Å². The van der Waals surface area contributed by atoms with Gasteiger partial charge in [-0.1, -0.05) is 35.5 Å². The fourth-order valence-electron chi connectivity index (χ4n) is 2.18. The Kier molecular flexibility index (Phi) is 7.44. The first-order valence-corrected chi connectivity index (χ1v) is 9.54. The minimum Gasteiger partial charge on any atom is -0.449 e. The zero-order valence-electron chi connectivity index (χ0n) is 14.9. The highest BCUT2D eigenvalue weighted by molar-refractivity contribution is 8.14. The number of halogens is 1. The number of esters is 1. The van der Waals surface area contributed by atoms with Gasteiger partial charge in [0.05, 0.1) is 5.75 Å². The van der Waals surface area contributed by atoms with Gasteiger partial charge < -0.3 is 10.1 Å². The van der Waals surface area contributed by atoms with Crippen molar-refractivity contribution >= 4 is 52.5 Å². The van der Waals surface area contributed by atoms with Crippen LogP contribution in [0.1, 0.15) is 18.1 Å². The second kappa shape index (κ2) is 9.57. The number of ether oxygens (including phenoxy) is 1. The van der Waals surface area contributed by atoms with Crippen molar-refractivity contribution in [3.8, 4) is 0 Å². The van der Waals surface area contributed by atoms with E-state index in [1.54, 1.807) is 18.2 Å². The highest BCUT2D eigenvalue weighted by atomic mass is 35.5. The lowest BCUT2D eigenvalue weighted by molar-refractivity contribution is -0.150. The summed E-state index contributed by atoms with van der Waals surface area (Å²) in [6.07, 6.45) is 1.74. The van der Waals surface area contributed by atoms with Crippen LogP contribution in [0, 0.1) is 6.92 Å². The van der Waals surface area contributed by atoms with Gasteiger partial charge >= 0.3 is 5.97 Å². The molecule has 0 bridgehead atoms. The van der Waals surface area contributed by atoms with E-state index >= 15 is 0 Å². The first kappa shape index (κ1) is 21.0. The molecule has 1 aromatic rings. The molecule has 0 radical (unpaired) electrons. The van der Waals surface area contributed by atoms with Gasteiger partial charge in [-0.15, -0.1) is 0 Å². The van der Waals surface area contributed by atoms with Crippen molar-refractivity contribution in [2.45, 2.75) is 20.0 Å². The molecule has 27 heavy (non-hydrogen) atoms. The molecular formula is C18H19ClN2O5S. The number of nitrogens with one attached hydrogen (secondary N) is 1. The van der Waals surface area contributed by atoms with Gasteiger partial charge in [0.1, 0.15) is 0 Å². The van der Waals surface area contributed by atoms with E-state index < -0.39 is 18.0 Å². The van der Waals surface area contributed by atoms with Gasteiger partial charge in [-0.25, -0.2) is 4.79 Å². The van der Waals surface area contributed by atoms with Gasteiger partial charge in [0, 0.05) is 24.2 Å². The van der Waals surface area contributed by atoms with Crippen molar-refractivity contribution in [3.63, 3.8) is 0 Å². The molecule has 1 heterocycles. The second-order valence-corrected chi connectivity index (χ2v) is 7.15. The lowest BCUT2D eigenvalue weighted by atomic mass is 10.1. The molecule has 3 amide bonds. The van der Waals surface area contributed by atoms with Crippen LogP contribution in [0.25, 0.3) is 6.08 Å². The van der Waals surface area contributed by atoms with Crippen LogP contribution >= 0.6 is 23.4 Å². The SMILES string of the molecule is Cc1ccc(/C=C/C(=O)O[C@H](C)C(=O)NCCN2C(=O)CSC2=O)cc1Cl.